The summed E-state index contributed by atoms with van der Waals surface area (Å²) in [7, 11) is 0. The van der Waals surface area contributed by atoms with Gasteiger partial charge in [-0.2, -0.15) is 0 Å². The van der Waals surface area contributed by atoms with Crippen LogP contribution in [0.3, 0.4) is 0 Å². The molecule has 0 aliphatic rings. The van der Waals surface area contributed by atoms with Gasteiger partial charge in [0.05, 0.1) is 0 Å². The van der Waals surface area contributed by atoms with E-state index in [0.717, 1.165) is 23.7 Å². The molecule has 3 nitrogen and oxygen atoms in total. The lowest BCUT2D eigenvalue weighted by Crippen LogP contribution is -2.33. The van der Waals surface area contributed by atoms with Crippen LogP contribution in [0.5, 0.6) is 0 Å². The van der Waals surface area contributed by atoms with Crippen molar-refractivity contribution in [3.8, 4) is 0 Å². The van der Waals surface area contributed by atoms with Crippen LogP contribution in [-0.2, 0) is 4.79 Å². The van der Waals surface area contributed by atoms with E-state index in [-0.39, 0.29) is 11.9 Å². The molecule has 0 fully saturated rings. The van der Waals surface area contributed by atoms with Crippen molar-refractivity contribution in [3.05, 3.63) is 34.9 Å². The van der Waals surface area contributed by atoms with Gasteiger partial charge in [-0.05, 0) is 32.4 Å². The molecule has 0 spiro atoms. The van der Waals surface area contributed by atoms with Gasteiger partial charge in [-0.15, -0.1) is 0 Å². The minimum absolute atomic E-state index is 0.151. The molecular weight excluding hydrogens is 260 g/mol. The zero-order chi connectivity index (χ0) is 14.3. The Morgan fingerprint density at radius 1 is 1.32 bits per heavy atom. The second-order valence-corrected chi connectivity index (χ2v) is 4.92. The first kappa shape index (κ1) is 16.0. The smallest absolute Gasteiger partial charge is 0.223 e. The second-order valence-electron chi connectivity index (χ2n) is 4.51. The summed E-state index contributed by atoms with van der Waals surface area (Å²) in [4.78, 5) is 13.7. The number of nitrogens with one attached hydrogen (secondary N) is 1. The lowest BCUT2D eigenvalue weighted by atomic mass is 10.1. The van der Waals surface area contributed by atoms with Crippen LogP contribution < -0.4 is 5.32 Å². The Hall–Kier alpha value is -1.06. The van der Waals surface area contributed by atoms with Crippen LogP contribution in [0.4, 0.5) is 0 Å². The summed E-state index contributed by atoms with van der Waals surface area (Å²) < 4.78 is 0. The zero-order valence-electron chi connectivity index (χ0n) is 11.9. The number of halogens is 1. The van der Waals surface area contributed by atoms with Crippen molar-refractivity contribution in [3.63, 3.8) is 0 Å². The van der Waals surface area contributed by atoms with Gasteiger partial charge in [-0.3, -0.25) is 4.79 Å². The number of hydrogen-bond acceptors (Lipinski definition) is 2. The van der Waals surface area contributed by atoms with E-state index in [1.54, 1.807) is 0 Å². The number of rotatable bonds is 7. The lowest BCUT2D eigenvalue weighted by molar-refractivity contribution is -0.130. The lowest BCUT2D eigenvalue weighted by Gasteiger charge is -2.20. The molecule has 0 saturated carbocycles. The molecule has 0 heterocycles. The van der Waals surface area contributed by atoms with Gasteiger partial charge in [-0.25, -0.2) is 0 Å². The van der Waals surface area contributed by atoms with Gasteiger partial charge < -0.3 is 10.2 Å². The Kier molecular flexibility index (Phi) is 6.89. The summed E-state index contributed by atoms with van der Waals surface area (Å²) in [5.41, 5.74) is 1.07. The fourth-order valence-corrected chi connectivity index (χ4v) is 2.37. The highest BCUT2D eigenvalue weighted by molar-refractivity contribution is 6.31. The van der Waals surface area contributed by atoms with Crippen molar-refractivity contribution >= 4 is 17.5 Å². The van der Waals surface area contributed by atoms with Gasteiger partial charge in [0, 0.05) is 37.1 Å². The van der Waals surface area contributed by atoms with Gasteiger partial charge in [0.25, 0.3) is 0 Å². The number of amides is 1. The molecule has 1 unspecified atom stereocenters. The van der Waals surface area contributed by atoms with Crippen molar-refractivity contribution in [2.75, 3.05) is 19.6 Å². The molecule has 1 N–H and O–H groups in total. The highest BCUT2D eigenvalue weighted by Crippen LogP contribution is 2.21. The minimum Gasteiger partial charge on any atom is -0.343 e. The van der Waals surface area contributed by atoms with E-state index in [2.05, 4.69) is 12.2 Å². The molecule has 0 saturated heterocycles. The quantitative estimate of drug-likeness (QED) is 0.833. The molecular formula is C15H23ClN2O. The molecule has 0 radical (unpaired) electrons. The zero-order valence-corrected chi connectivity index (χ0v) is 12.7. The van der Waals surface area contributed by atoms with Gasteiger partial charge >= 0.3 is 0 Å². The first-order chi connectivity index (χ1) is 9.10. The normalized spacial score (nSPS) is 12.2. The molecule has 4 heteroatoms. The fourth-order valence-electron chi connectivity index (χ4n) is 2.07. The average Bonchev–Trinajstić information content (AvgIpc) is 2.40. The predicted molar refractivity (Wildman–Crippen MR) is 80.4 cm³/mol. The third kappa shape index (κ3) is 4.84. The molecule has 0 aliphatic heterocycles. The van der Waals surface area contributed by atoms with Crippen molar-refractivity contribution in [2.45, 2.75) is 33.2 Å². The summed E-state index contributed by atoms with van der Waals surface area (Å²) in [5, 5.41) is 4.10. The molecule has 1 atom stereocenters. The summed E-state index contributed by atoms with van der Waals surface area (Å²) in [6.07, 6.45) is 0.524. The maximum absolute atomic E-state index is 11.9. The Morgan fingerprint density at radius 2 is 1.95 bits per heavy atom. The largest absolute Gasteiger partial charge is 0.343 e. The Bertz CT molecular complexity index is 405. The van der Waals surface area contributed by atoms with E-state index in [1.165, 1.54) is 0 Å². The van der Waals surface area contributed by atoms with E-state index >= 15 is 0 Å². The van der Waals surface area contributed by atoms with Crippen molar-refractivity contribution in [2.24, 2.45) is 0 Å². The molecule has 1 rings (SSSR count). The van der Waals surface area contributed by atoms with E-state index in [1.807, 2.05) is 43.0 Å². The fraction of sp³-hybridized carbons (Fsp3) is 0.533. The van der Waals surface area contributed by atoms with E-state index in [4.69, 9.17) is 11.6 Å². The van der Waals surface area contributed by atoms with Crippen LogP contribution in [0, 0.1) is 0 Å². The van der Waals surface area contributed by atoms with Gasteiger partial charge in [0.1, 0.15) is 0 Å². The van der Waals surface area contributed by atoms with Crippen molar-refractivity contribution < 1.29 is 4.79 Å². The molecule has 1 amide bonds. The first-order valence-corrected chi connectivity index (χ1v) is 7.23. The van der Waals surface area contributed by atoms with Crippen LogP contribution >= 0.6 is 11.6 Å². The predicted octanol–water partition coefficient (Wildman–Crippen LogP) is 3.25. The van der Waals surface area contributed by atoms with Crippen LogP contribution in [0.25, 0.3) is 0 Å². The number of benzene rings is 1. The Balaban J connectivity index is 2.41. The third-order valence-corrected chi connectivity index (χ3v) is 3.62. The number of carbonyl (C=O) groups excluding carboxylic acids is 1. The van der Waals surface area contributed by atoms with Crippen LogP contribution in [0.1, 0.15) is 38.8 Å². The highest BCUT2D eigenvalue weighted by atomic mass is 35.5. The minimum atomic E-state index is 0.151. The van der Waals surface area contributed by atoms with Crippen molar-refractivity contribution in [1.82, 2.24) is 10.2 Å². The number of carbonyl (C=O) groups is 1. The standard InChI is InChI=1S/C15H23ClN2O/c1-4-18(5-2)15(19)10-11-17-12(3)13-8-6-7-9-14(13)16/h6-9,12,17H,4-5,10-11H2,1-3H3. The third-order valence-electron chi connectivity index (χ3n) is 3.28. The maximum Gasteiger partial charge on any atom is 0.223 e. The van der Waals surface area contributed by atoms with Gasteiger partial charge in [0.2, 0.25) is 5.91 Å². The van der Waals surface area contributed by atoms with Crippen molar-refractivity contribution in [1.29, 1.82) is 0 Å². The molecule has 106 valence electrons. The monoisotopic (exact) mass is 282 g/mol. The molecule has 0 aliphatic carbocycles. The SMILES string of the molecule is CCN(CC)C(=O)CCNC(C)c1ccccc1Cl. The summed E-state index contributed by atoms with van der Waals surface area (Å²) in [5.74, 6) is 0.198. The van der Waals surface area contributed by atoms with Crippen LogP contribution in [0.2, 0.25) is 5.02 Å². The summed E-state index contributed by atoms with van der Waals surface area (Å²) >= 11 is 6.14. The van der Waals surface area contributed by atoms with E-state index in [9.17, 15) is 4.79 Å². The molecule has 0 aromatic heterocycles. The van der Waals surface area contributed by atoms with E-state index < -0.39 is 0 Å². The summed E-state index contributed by atoms with van der Waals surface area (Å²) in [6.45, 7) is 8.28. The molecule has 0 bridgehead atoms. The molecule has 1 aromatic rings. The van der Waals surface area contributed by atoms with Crippen LogP contribution in [0.15, 0.2) is 24.3 Å². The molecule has 19 heavy (non-hydrogen) atoms. The molecule has 1 aromatic carbocycles. The van der Waals surface area contributed by atoms with Crippen LogP contribution in [-0.4, -0.2) is 30.4 Å². The number of hydrogen-bond donors (Lipinski definition) is 1. The highest BCUT2D eigenvalue weighted by Gasteiger charge is 2.11. The topological polar surface area (TPSA) is 32.3 Å². The Morgan fingerprint density at radius 3 is 2.53 bits per heavy atom. The maximum atomic E-state index is 11.9. The number of nitrogens with zero attached hydrogens (tertiary/aromatic N) is 1. The van der Waals surface area contributed by atoms with E-state index in [0.29, 0.717) is 13.0 Å². The van der Waals surface area contributed by atoms with Gasteiger partial charge in [0.15, 0.2) is 0 Å². The first-order valence-electron chi connectivity index (χ1n) is 6.85. The Labute approximate surface area is 120 Å². The summed E-state index contributed by atoms with van der Waals surface area (Å²) in [6, 6.07) is 7.93. The van der Waals surface area contributed by atoms with Gasteiger partial charge in [-0.1, -0.05) is 29.8 Å². The second kappa shape index (κ2) is 8.18. The average molecular weight is 283 g/mol.